The average Bonchev–Trinajstić information content (AvgIpc) is 2.48. The van der Waals surface area contributed by atoms with Crippen molar-refractivity contribution in [3.8, 4) is 5.75 Å². The number of rotatable bonds is 5. The van der Waals surface area contributed by atoms with Crippen LogP contribution in [0.15, 0.2) is 42.5 Å². The van der Waals surface area contributed by atoms with Crippen molar-refractivity contribution in [2.24, 2.45) is 0 Å². The van der Waals surface area contributed by atoms with Crippen LogP contribution in [0, 0.1) is 5.82 Å². The molecule has 4 heteroatoms. The Balaban J connectivity index is 2.14. The van der Waals surface area contributed by atoms with Gasteiger partial charge in [-0.15, -0.1) is 0 Å². The van der Waals surface area contributed by atoms with Gasteiger partial charge in [0, 0.05) is 6.42 Å². The molecule has 0 unspecified atom stereocenters. The molecule has 0 radical (unpaired) electrons. The van der Waals surface area contributed by atoms with Gasteiger partial charge < -0.3 is 4.74 Å². The van der Waals surface area contributed by atoms with E-state index < -0.39 is 5.82 Å². The van der Waals surface area contributed by atoms with Crippen LogP contribution in [-0.4, -0.2) is 5.78 Å². The van der Waals surface area contributed by atoms with Gasteiger partial charge in [-0.25, -0.2) is 4.39 Å². The fraction of sp³-hybridized carbons (Fsp3) is 0.188. The third-order valence-electron chi connectivity index (χ3n) is 2.89. The fourth-order valence-electron chi connectivity index (χ4n) is 1.80. The molecule has 0 N–H and O–H groups in total. The highest BCUT2D eigenvalue weighted by Crippen LogP contribution is 2.22. The third-order valence-corrected chi connectivity index (χ3v) is 3.19. The van der Waals surface area contributed by atoms with Gasteiger partial charge in [-0.2, -0.15) is 0 Å². The molecule has 0 aliphatic heterocycles. The first-order valence-corrected chi connectivity index (χ1v) is 6.68. The number of carbonyl (C=O) groups is 1. The van der Waals surface area contributed by atoms with Crippen LogP contribution < -0.4 is 4.74 Å². The van der Waals surface area contributed by atoms with Gasteiger partial charge in [-0.05, 0) is 29.8 Å². The van der Waals surface area contributed by atoms with Crippen molar-refractivity contribution in [1.82, 2.24) is 0 Å². The van der Waals surface area contributed by atoms with Crippen molar-refractivity contribution in [3.63, 3.8) is 0 Å². The van der Waals surface area contributed by atoms with E-state index in [1.165, 1.54) is 12.1 Å². The topological polar surface area (TPSA) is 26.3 Å². The molecule has 0 bridgehead atoms. The maximum atomic E-state index is 13.3. The van der Waals surface area contributed by atoms with Crippen LogP contribution in [0.5, 0.6) is 5.75 Å². The summed E-state index contributed by atoms with van der Waals surface area (Å²) < 4.78 is 18.9. The van der Waals surface area contributed by atoms with Gasteiger partial charge in [0.05, 0.1) is 10.6 Å². The van der Waals surface area contributed by atoms with E-state index in [0.29, 0.717) is 23.3 Å². The molecule has 0 saturated carbocycles. The second-order valence-electron chi connectivity index (χ2n) is 4.31. The van der Waals surface area contributed by atoms with Crippen LogP contribution >= 0.6 is 11.6 Å². The number of carbonyl (C=O) groups excluding carboxylic acids is 1. The minimum absolute atomic E-state index is 0.0166. The molecule has 20 heavy (non-hydrogen) atoms. The maximum Gasteiger partial charge on any atom is 0.166 e. The summed E-state index contributed by atoms with van der Waals surface area (Å²) in [5, 5.41) is 0.0790. The Bertz CT molecular complexity index is 626. The summed E-state index contributed by atoms with van der Waals surface area (Å²) in [7, 11) is 0. The minimum atomic E-state index is -0.481. The number of ketones is 1. The first-order chi connectivity index (χ1) is 9.61. The molecule has 2 aromatic carbocycles. The number of hydrogen-bond donors (Lipinski definition) is 0. The van der Waals surface area contributed by atoms with Gasteiger partial charge in [0.1, 0.15) is 18.2 Å². The van der Waals surface area contributed by atoms with E-state index in [1.807, 2.05) is 0 Å². The molecule has 0 aromatic heterocycles. The van der Waals surface area contributed by atoms with Gasteiger partial charge in [-0.3, -0.25) is 4.79 Å². The lowest BCUT2D eigenvalue weighted by atomic mass is 10.1. The van der Waals surface area contributed by atoms with E-state index in [-0.39, 0.29) is 17.4 Å². The van der Waals surface area contributed by atoms with Crippen molar-refractivity contribution in [1.29, 1.82) is 0 Å². The lowest BCUT2D eigenvalue weighted by Gasteiger charge is -2.10. The van der Waals surface area contributed by atoms with E-state index in [2.05, 4.69) is 0 Å². The van der Waals surface area contributed by atoms with E-state index in [1.54, 1.807) is 37.3 Å². The van der Waals surface area contributed by atoms with E-state index in [9.17, 15) is 9.18 Å². The Kier molecular flexibility index (Phi) is 4.74. The second-order valence-corrected chi connectivity index (χ2v) is 4.72. The molecule has 0 fully saturated rings. The van der Waals surface area contributed by atoms with Crippen LogP contribution in [0.4, 0.5) is 4.39 Å². The van der Waals surface area contributed by atoms with Crippen LogP contribution in [0.25, 0.3) is 0 Å². The predicted molar refractivity (Wildman–Crippen MR) is 76.8 cm³/mol. The van der Waals surface area contributed by atoms with Crippen molar-refractivity contribution in [2.45, 2.75) is 20.0 Å². The Hall–Kier alpha value is -1.87. The summed E-state index contributed by atoms with van der Waals surface area (Å²) in [6.45, 7) is 1.98. The number of halogens is 2. The van der Waals surface area contributed by atoms with E-state index in [4.69, 9.17) is 16.3 Å². The Labute approximate surface area is 122 Å². The van der Waals surface area contributed by atoms with E-state index in [0.717, 1.165) is 0 Å². The van der Waals surface area contributed by atoms with Crippen molar-refractivity contribution in [3.05, 3.63) is 64.4 Å². The molecule has 2 aromatic rings. The number of Topliss-reactive ketones (excluding diaryl/α,β-unsaturated/α-hetero) is 1. The smallest absolute Gasteiger partial charge is 0.166 e. The quantitative estimate of drug-likeness (QED) is 0.750. The van der Waals surface area contributed by atoms with Crippen molar-refractivity contribution in [2.75, 3.05) is 0 Å². The third kappa shape index (κ3) is 3.36. The fourth-order valence-corrected chi connectivity index (χ4v) is 1.92. The molecule has 0 aliphatic carbocycles. The first-order valence-electron chi connectivity index (χ1n) is 6.30. The summed E-state index contributed by atoms with van der Waals surface area (Å²) in [6, 6.07) is 11.5. The minimum Gasteiger partial charge on any atom is -0.488 e. The zero-order chi connectivity index (χ0) is 14.5. The number of hydrogen-bond acceptors (Lipinski definition) is 2. The highest BCUT2D eigenvalue weighted by atomic mass is 35.5. The van der Waals surface area contributed by atoms with Gasteiger partial charge in [0.25, 0.3) is 0 Å². The normalized spacial score (nSPS) is 10.3. The Morgan fingerprint density at radius 3 is 2.70 bits per heavy atom. The second kappa shape index (κ2) is 6.53. The molecule has 104 valence electrons. The van der Waals surface area contributed by atoms with Gasteiger partial charge in [-0.1, -0.05) is 36.7 Å². The highest BCUT2D eigenvalue weighted by molar-refractivity contribution is 6.30. The molecule has 0 aliphatic rings. The molecule has 2 rings (SSSR count). The van der Waals surface area contributed by atoms with Crippen molar-refractivity contribution < 1.29 is 13.9 Å². The lowest BCUT2D eigenvalue weighted by Crippen LogP contribution is -2.03. The largest absolute Gasteiger partial charge is 0.488 e. The zero-order valence-electron chi connectivity index (χ0n) is 11.0. The molecule has 0 saturated heterocycles. The Morgan fingerprint density at radius 2 is 2.00 bits per heavy atom. The summed E-state index contributed by atoms with van der Waals surface area (Å²) in [6.07, 6.45) is 0.413. The number of benzene rings is 2. The molecular formula is C16H14ClFO2. The SMILES string of the molecule is CCC(=O)c1ccccc1OCc1ccc(Cl)c(F)c1. The van der Waals surface area contributed by atoms with Gasteiger partial charge in [0.2, 0.25) is 0 Å². The predicted octanol–water partition coefficient (Wildman–Crippen LogP) is 4.65. The summed E-state index contributed by atoms with van der Waals surface area (Å²) in [5.74, 6) is 0.0447. The summed E-state index contributed by atoms with van der Waals surface area (Å²) in [4.78, 5) is 11.8. The van der Waals surface area contributed by atoms with Crippen LogP contribution in [-0.2, 0) is 6.61 Å². The Morgan fingerprint density at radius 1 is 1.25 bits per heavy atom. The van der Waals surface area contributed by atoms with Crippen molar-refractivity contribution >= 4 is 17.4 Å². The summed E-state index contributed by atoms with van der Waals surface area (Å²) >= 11 is 5.62. The molecule has 0 heterocycles. The average molecular weight is 293 g/mol. The van der Waals surface area contributed by atoms with Gasteiger partial charge >= 0.3 is 0 Å². The van der Waals surface area contributed by atoms with Crippen LogP contribution in [0.3, 0.4) is 0 Å². The summed E-state index contributed by atoms with van der Waals surface area (Å²) in [5.41, 5.74) is 1.20. The first kappa shape index (κ1) is 14.5. The molecule has 0 atom stereocenters. The van der Waals surface area contributed by atoms with Crippen LogP contribution in [0.2, 0.25) is 5.02 Å². The number of ether oxygens (including phenoxy) is 1. The molecule has 0 amide bonds. The molecule has 2 nitrogen and oxygen atoms in total. The molecular weight excluding hydrogens is 279 g/mol. The number of para-hydroxylation sites is 1. The van der Waals surface area contributed by atoms with E-state index >= 15 is 0 Å². The van der Waals surface area contributed by atoms with Crippen LogP contribution in [0.1, 0.15) is 29.3 Å². The van der Waals surface area contributed by atoms with Gasteiger partial charge in [0.15, 0.2) is 5.78 Å². The molecule has 0 spiro atoms. The standard InChI is InChI=1S/C16H14ClFO2/c1-2-15(19)12-5-3-4-6-16(12)20-10-11-7-8-13(17)14(18)9-11/h3-9H,2,10H2,1H3. The zero-order valence-corrected chi connectivity index (χ0v) is 11.8. The lowest BCUT2D eigenvalue weighted by molar-refractivity contribution is 0.0983. The highest BCUT2D eigenvalue weighted by Gasteiger charge is 2.10. The maximum absolute atomic E-state index is 13.3. The monoisotopic (exact) mass is 292 g/mol.